The molecule has 0 aliphatic heterocycles. The zero-order valence-corrected chi connectivity index (χ0v) is 16.1. The highest BCUT2D eigenvalue weighted by molar-refractivity contribution is 5.86. The van der Waals surface area contributed by atoms with E-state index in [0.717, 1.165) is 16.7 Å². The molecule has 5 N–H and O–H groups in total. The number of H-pyrrole nitrogens is 1. The van der Waals surface area contributed by atoms with E-state index in [1.165, 1.54) is 0 Å². The van der Waals surface area contributed by atoms with Crippen molar-refractivity contribution < 1.29 is 9.53 Å². The average Bonchev–Trinajstić information content (AvgIpc) is 3.18. The molecule has 0 aliphatic rings. The molecule has 27 heavy (non-hydrogen) atoms. The lowest BCUT2D eigenvalue weighted by Gasteiger charge is -2.30. The molecule has 0 bridgehead atoms. The first-order chi connectivity index (χ1) is 12.2. The van der Waals surface area contributed by atoms with Gasteiger partial charge in [-0.1, -0.05) is 54.6 Å². The van der Waals surface area contributed by atoms with Crippen molar-refractivity contribution in [2.75, 3.05) is 6.54 Å². The molecule has 3 rings (SSSR count). The van der Waals surface area contributed by atoms with E-state index in [0.29, 0.717) is 5.56 Å². The lowest BCUT2D eigenvalue weighted by molar-refractivity contribution is -0.146. The molecule has 0 fully saturated rings. The number of aromatic amines is 1. The molecule has 1 amide bonds. The van der Waals surface area contributed by atoms with Gasteiger partial charge in [0, 0.05) is 18.3 Å². The van der Waals surface area contributed by atoms with E-state index < -0.39 is 11.5 Å². The van der Waals surface area contributed by atoms with Crippen LogP contribution in [-0.4, -0.2) is 22.6 Å². The Morgan fingerprint density at radius 1 is 1.04 bits per heavy atom. The first-order valence-electron chi connectivity index (χ1n) is 7.93. The summed E-state index contributed by atoms with van der Waals surface area (Å²) >= 11 is 0. The highest BCUT2D eigenvalue weighted by Crippen LogP contribution is 2.28. The Kier molecular flexibility index (Phi) is 8.46. The standard InChI is InChI=1S/C19H20N4O2.2ClH/c20-13-19(18(21)24,25-12-14-4-2-1-3-5-14)17-8-6-15(7-9-17)16-10-22-23-11-16;;/h1-11H,12-13,20H2,(H2,21,24)(H,22,23);2*1H. The van der Waals surface area contributed by atoms with Crippen LogP contribution in [0.1, 0.15) is 11.1 Å². The molecule has 1 aromatic heterocycles. The second kappa shape index (κ2) is 10.1. The molecule has 1 unspecified atom stereocenters. The van der Waals surface area contributed by atoms with E-state index in [1.807, 2.05) is 54.6 Å². The lowest BCUT2D eigenvalue weighted by Crippen LogP contribution is -2.49. The van der Waals surface area contributed by atoms with Crippen molar-refractivity contribution >= 4 is 30.7 Å². The quantitative estimate of drug-likeness (QED) is 0.558. The second-order valence-electron chi connectivity index (χ2n) is 5.73. The van der Waals surface area contributed by atoms with Gasteiger partial charge in [0.15, 0.2) is 5.60 Å². The Hall–Kier alpha value is -2.38. The highest BCUT2D eigenvalue weighted by atomic mass is 35.5. The summed E-state index contributed by atoms with van der Waals surface area (Å²) in [6.45, 7) is 0.199. The zero-order valence-electron chi connectivity index (χ0n) is 14.5. The molecule has 0 radical (unpaired) electrons. The summed E-state index contributed by atoms with van der Waals surface area (Å²) in [6, 6.07) is 17.0. The van der Waals surface area contributed by atoms with E-state index in [1.54, 1.807) is 12.4 Å². The van der Waals surface area contributed by atoms with Gasteiger partial charge < -0.3 is 16.2 Å². The van der Waals surface area contributed by atoms with Crippen LogP contribution < -0.4 is 11.5 Å². The molecule has 2 aromatic carbocycles. The van der Waals surface area contributed by atoms with Crippen molar-refractivity contribution in [3.63, 3.8) is 0 Å². The Bertz CT molecular complexity index is 827. The Morgan fingerprint density at radius 3 is 2.22 bits per heavy atom. The number of hydrogen-bond acceptors (Lipinski definition) is 4. The summed E-state index contributed by atoms with van der Waals surface area (Å²) in [5.41, 5.74) is 13.7. The third kappa shape index (κ3) is 4.87. The van der Waals surface area contributed by atoms with Crippen LogP contribution in [0.25, 0.3) is 11.1 Å². The smallest absolute Gasteiger partial charge is 0.255 e. The first-order valence-corrected chi connectivity index (χ1v) is 7.93. The SMILES string of the molecule is Cl.Cl.NCC(OCc1ccccc1)(C(N)=O)c1ccc(-c2cn[nH]c2)cc1. The second-order valence-corrected chi connectivity index (χ2v) is 5.73. The van der Waals surface area contributed by atoms with Crippen LogP contribution >= 0.6 is 24.8 Å². The molecular weight excluding hydrogens is 387 g/mol. The van der Waals surface area contributed by atoms with Gasteiger partial charge in [-0.25, -0.2) is 0 Å². The largest absolute Gasteiger partial charge is 0.367 e. The third-order valence-electron chi connectivity index (χ3n) is 4.20. The van der Waals surface area contributed by atoms with Crippen molar-refractivity contribution in [1.82, 2.24) is 10.2 Å². The van der Waals surface area contributed by atoms with Crippen LogP contribution in [0.2, 0.25) is 0 Å². The van der Waals surface area contributed by atoms with Crippen LogP contribution in [-0.2, 0) is 21.7 Å². The summed E-state index contributed by atoms with van der Waals surface area (Å²) in [7, 11) is 0. The molecule has 1 heterocycles. The molecule has 0 saturated carbocycles. The summed E-state index contributed by atoms with van der Waals surface area (Å²) in [4.78, 5) is 12.2. The highest BCUT2D eigenvalue weighted by Gasteiger charge is 2.38. The molecule has 1 atom stereocenters. The van der Waals surface area contributed by atoms with Crippen LogP contribution in [0, 0.1) is 0 Å². The fraction of sp³-hybridized carbons (Fsp3) is 0.158. The van der Waals surface area contributed by atoms with Gasteiger partial charge in [-0.2, -0.15) is 5.10 Å². The van der Waals surface area contributed by atoms with Crippen LogP contribution in [0.4, 0.5) is 0 Å². The Labute approximate surface area is 170 Å². The molecule has 0 saturated heterocycles. The number of rotatable bonds is 7. The number of amides is 1. The van der Waals surface area contributed by atoms with Gasteiger partial charge in [0.05, 0.1) is 12.8 Å². The summed E-state index contributed by atoms with van der Waals surface area (Å²) in [5, 5.41) is 6.71. The topological polar surface area (TPSA) is 107 Å². The minimum Gasteiger partial charge on any atom is -0.367 e. The number of carbonyl (C=O) groups excluding carboxylic acids is 1. The van der Waals surface area contributed by atoms with E-state index >= 15 is 0 Å². The van der Waals surface area contributed by atoms with Gasteiger partial charge in [0.25, 0.3) is 5.91 Å². The molecule has 8 heteroatoms. The molecule has 6 nitrogen and oxygen atoms in total. The van der Waals surface area contributed by atoms with Gasteiger partial charge in [-0.15, -0.1) is 24.8 Å². The number of hydrogen-bond donors (Lipinski definition) is 3. The third-order valence-corrected chi connectivity index (χ3v) is 4.20. The Balaban J connectivity index is 0.00000182. The maximum Gasteiger partial charge on any atom is 0.255 e. The monoisotopic (exact) mass is 408 g/mol. The van der Waals surface area contributed by atoms with E-state index in [9.17, 15) is 4.79 Å². The van der Waals surface area contributed by atoms with Gasteiger partial charge in [-0.3, -0.25) is 9.89 Å². The minimum absolute atomic E-state index is 0. The van der Waals surface area contributed by atoms with Crippen molar-refractivity contribution in [1.29, 1.82) is 0 Å². The molecule has 3 aromatic rings. The maximum atomic E-state index is 12.2. The summed E-state index contributed by atoms with van der Waals surface area (Å²) < 4.78 is 5.92. The average molecular weight is 409 g/mol. The number of nitrogens with zero attached hydrogens (tertiary/aromatic N) is 1. The Morgan fingerprint density at radius 2 is 1.70 bits per heavy atom. The predicted octanol–water partition coefficient (Wildman–Crippen LogP) is 2.78. The number of benzene rings is 2. The minimum atomic E-state index is -1.37. The van der Waals surface area contributed by atoms with Gasteiger partial charge in [0.2, 0.25) is 0 Å². The number of aromatic nitrogens is 2. The first kappa shape index (κ1) is 22.7. The normalized spacial score (nSPS) is 12.3. The lowest BCUT2D eigenvalue weighted by atomic mass is 9.91. The molecule has 0 spiro atoms. The number of primary amides is 1. The summed E-state index contributed by atoms with van der Waals surface area (Å²) in [6.07, 6.45) is 3.52. The van der Waals surface area contributed by atoms with Crippen LogP contribution in [0.5, 0.6) is 0 Å². The van der Waals surface area contributed by atoms with E-state index in [-0.39, 0.29) is 38.0 Å². The number of nitrogens with two attached hydrogens (primary N) is 2. The fourth-order valence-electron chi connectivity index (χ4n) is 2.70. The van der Waals surface area contributed by atoms with Gasteiger partial charge in [-0.05, 0) is 16.7 Å². The number of halogens is 2. The molecule has 144 valence electrons. The predicted molar refractivity (Wildman–Crippen MR) is 110 cm³/mol. The van der Waals surface area contributed by atoms with Crippen molar-refractivity contribution in [3.05, 3.63) is 78.1 Å². The number of ether oxygens (including phenoxy) is 1. The maximum absolute atomic E-state index is 12.2. The van der Waals surface area contributed by atoms with Crippen molar-refractivity contribution in [3.8, 4) is 11.1 Å². The van der Waals surface area contributed by atoms with Gasteiger partial charge >= 0.3 is 0 Å². The van der Waals surface area contributed by atoms with Gasteiger partial charge in [0.1, 0.15) is 0 Å². The van der Waals surface area contributed by atoms with E-state index in [4.69, 9.17) is 16.2 Å². The number of carbonyl (C=O) groups is 1. The molecule has 0 aliphatic carbocycles. The van der Waals surface area contributed by atoms with Crippen molar-refractivity contribution in [2.45, 2.75) is 12.2 Å². The van der Waals surface area contributed by atoms with Crippen LogP contribution in [0.15, 0.2) is 67.0 Å². The van der Waals surface area contributed by atoms with Crippen LogP contribution in [0.3, 0.4) is 0 Å². The van der Waals surface area contributed by atoms with Crippen molar-refractivity contribution in [2.24, 2.45) is 11.5 Å². The zero-order chi connectivity index (χ0) is 17.7. The van der Waals surface area contributed by atoms with E-state index in [2.05, 4.69) is 10.2 Å². The number of nitrogens with one attached hydrogen (secondary N) is 1. The fourth-order valence-corrected chi connectivity index (χ4v) is 2.70. The summed E-state index contributed by atoms with van der Waals surface area (Å²) in [5.74, 6) is -0.609. The molecular formula is C19H22Cl2N4O2.